The lowest BCUT2D eigenvalue weighted by atomic mass is 10.1. The minimum absolute atomic E-state index is 0.0838. The van der Waals surface area contributed by atoms with Gasteiger partial charge in [0.2, 0.25) is 0 Å². The zero-order valence-corrected chi connectivity index (χ0v) is 14.6. The number of aryl methyl sites for hydroxylation is 1. The molecule has 0 bridgehead atoms. The molecule has 7 nitrogen and oxygen atoms in total. The van der Waals surface area contributed by atoms with Gasteiger partial charge in [-0.15, -0.1) is 0 Å². The topological polar surface area (TPSA) is 89.0 Å². The van der Waals surface area contributed by atoms with Crippen molar-refractivity contribution in [3.8, 4) is 11.5 Å². The van der Waals surface area contributed by atoms with Gasteiger partial charge in [-0.05, 0) is 42.3 Å². The monoisotopic (exact) mass is 344 g/mol. The molecule has 0 aliphatic carbocycles. The standard InChI is InChI=1S/C18H20N2O5/c1-11-8-15(24-3)16(25-4)9-12(11)10-20(2)17(21)13-6-5-7-14(19-13)18(22)23/h5-9H,10H2,1-4H3,(H,22,23). The van der Waals surface area contributed by atoms with E-state index >= 15 is 0 Å². The van der Waals surface area contributed by atoms with E-state index in [-0.39, 0.29) is 17.3 Å². The highest BCUT2D eigenvalue weighted by Crippen LogP contribution is 2.30. The number of carboxylic acids is 1. The van der Waals surface area contributed by atoms with Crippen molar-refractivity contribution < 1.29 is 24.2 Å². The summed E-state index contributed by atoms with van der Waals surface area (Å²) in [4.78, 5) is 28.9. The first-order chi connectivity index (χ1) is 11.9. The van der Waals surface area contributed by atoms with E-state index in [9.17, 15) is 9.59 Å². The van der Waals surface area contributed by atoms with Crippen molar-refractivity contribution in [3.63, 3.8) is 0 Å². The van der Waals surface area contributed by atoms with Crippen LogP contribution in [0.1, 0.15) is 32.1 Å². The fourth-order valence-electron chi connectivity index (χ4n) is 2.39. The summed E-state index contributed by atoms with van der Waals surface area (Å²) in [7, 11) is 4.74. The molecule has 25 heavy (non-hydrogen) atoms. The van der Waals surface area contributed by atoms with Gasteiger partial charge in [-0.3, -0.25) is 4.79 Å². The van der Waals surface area contributed by atoms with Crippen LogP contribution in [0.15, 0.2) is 30.3 Å². The van der Waals surface area contributed by atoms with E-state index in [1.807, 2.05) is 19.1 Å². The summed E-state index contributed by atoms with van der Waals surface area (Å²) in [5.74, 6) is -0.339. The summed E-state index contributed by atoms with van der Waals surface area (Å²) in [6.45, 7) is 2.24. The number of rotatable bonds is 6. The van der Waals surface area contributed by atoms with Crippen molar-refractivity contribution in [2.75, 3.05) is 21.3 Å². The van der Waals surface area contributed by atoms with Gasteiger partial charge in [0.15, 0.2) is 11.5 Å². The Balaban J connectivity index is 2.24. The lowest BCUT2D eigenvalue weighted by molar-refractivity contribution is 0.0690. The first kappa shape index (κ1) is 18.3. The van der Waals surface area contributed by atoms with Crippen LogP contribution in [0.25, 0.3) is 0 Å². The number of nitrogens with zero attached hydrogens (tertiary/aromatic N) is 2. The molecule has 0 fully saturated rings. The smallest absolute Gasteiger partial charge is 0.354 e. The van der Waals surface area contributed by atoms with Crippen molar-refractivity contribution >= 4 is 11.9 Å². The van der Waals surface area contributed by atoms with Gasteiger partial charge in [-0.2, -0.15) is 0 Å². The second-order valence-corrected chi connectivity index (χ2v) is 5.51. The van der Waals surface area contributed by atoms with Crippen LogP contribution in [-0.4, -0.2) is 48.1 Å². The largest absolute Gasteiger partial charge is 0.493 e. The van der Waals surface area contributed by atoms with Crippen LogP contribution < -0.4 is 9.47 Å². The SMILES string of the molecule is COc1cc(C)c(CN(C)C(=O)c2cccc(C(=O)O)n2)cc1OC. The van der Waals surface area contributed by atoms with E-state index in [4.69, 9.17) is 14.6 Å². The third-order valence-corrected chi connectivity index (χ3v) is 3.78. The average molecular weight is 344 g/mol. The molecule has 2 rings (SSSR count). The Bertz CT molecular complexity index is 804. The van der Waals surface area contributed by atoms with Crippen LogP contribution >= 0.6 is 0 Å². The van der Waals surface area contributed by atoms with Crippen LogP contribution in [0.3, 0.4) is 0 Å². The number of carboxylic acid groups (broad SMARTS) is 1. The van der Waals surface area contributed by atoms with E-state index in [0.717, 1.165) is 11.1 Å². The lowest BCUT2D eigenvalue weighted by Gasteiger charge is -2.19. The summed E-state index contributed by atoms with van der Waals surface area (Å²) in [6, 6.07) is 8.00. The van der Waals surface area contributed by atoms with Gasteiger partial charge in [0.25, 0.3) is 5.91 Å². The number of aromatic carboxylic acids is 1. The minimum Gasteiger partial charge on any atom is -0.493 e. The molecular weight excluding hydrogens is 324 g/mol. The van der Waals surface area contributed by atoms with Crippen LogP contribution in [-0.2, 0) is 6.54 Å². The summed E-state index contributed by atoms with van der Waals surface area (Å²) in [5, 5.41) is 9.00. The molecule has 7 heteroatoms. The molecule has 0 atom stereocenters. The van der Waals surface area contributed by atoms with Gasteiger partial charge in [-0.25, -0.2) is 9.78 Å². The van der Waals surface area contributed by atoms with E-state index < -0.39 is 5.97 Å². The minimum atomic E-state index is -1.17. The number of benzene rings is 1. The molecule has 0 radical (unpaired) electrons. The van der Waals surface area contributed by atoms with Crippen molar-refractivity contribution in [3.05, 3.63) is 52.8 Å². The Kier molecular flexibility index (Phi) is 5.59. The Morgan fingerprint density at radius 3 is 2.32 bits per heavy atom. The molecule has 0 spiro atoms. The van der Waals surface area contributed by atoms with Gasteiger partial charge >= 0.3 is 5.97 Å². The van der Waals surface area contributed by atoms with Crippen LogP contribution in [0, 0.1) is 6.92 Å². The number of methoxy groups -OCH3 is 2. The predicted molar refractivity (Wildman–Crippen MR) is 91.3 cm³/mol. The molecule has 0 unspecified atom stereocenters. The van der Waals surface area contributed by atoms with Gasteiger partial charge in [0, 0.05) is 13.6 Å². The van der Waals surface area contributed by atoms with Crippen LogP contribution in [0.5, 0.6) is 11.5 Å². The molecule has 1 aromatic heterocycles. The second kappa shape index (κ2) is 7.65. The summed E-state index contributed by atoms with van der Waals surface area (Å²) in [6.07, 6.45) is 0. The molecule has 1 heterocycles. The third kappa shape index (κ3) is 4.06. The number of pyridine rings is 1. The number of hydrogen-bond acceptors (Lipinski definition) is 5. The molecule has 1 aromatic carbocycles. The Hall–Kier alpha value is -3.09. The molecule has 0 saturated heterocycles. The van der Waals surface area contributed by atoms with Crippen molar-refractivity contribution in [1.82, 2.24) is 9.88 Å². The summed E-state index contributed by atoms with van der Waals surface area (Å²) < 4.78 is 10.6. The highest BCUT2D eigenvalue weighted by Gasteiger charge is 2.17. The van der Waals surface area contributed by atoms with Crippen molar-refractivity contribution in [2.45, 2.75) is 13.5 Å². The summed E-state index contributed by atoms with van der Waals surface area (Å²) in [5.41, 5.74) is 1.76. The lowest BCUT2D eigenvalue weighted by Crippen LogP contribution is -2.27. The van der Waals surface area contributed by atoms with Gasteiger partial charge in [0.1, 0.15) is 11.4 Å². The molecule has 0 aliphatic heterocycles. The number of aromatic nitrogens is 1. The molecule has 1 N–H and O–H groups in total. The van der Waals surface area contributed by atoms with Gasteiger partial charge in [0.05, 0.1) is 14.2 Å². The normalized spacial score (nSPS) is 10.2. The van der Waals surface area contributed by atoms with E-state index in [1.165, 1.54) is 23.1 Å². The van der Waals surface area contributed by atoms with E-state index in [1.54, 1.807) is 21.3 Å². The zero-order valence-electron chi connectivity index (χ0n) is 14.6. The average Bonchev–Trinajstić information content (AvgIpc) is 2.62. The number of ether oxygens (including phenoxy) is 2. The van der Waals surface area contributed by atoms with E-state index in [2.05, 4.69) is 4.98 Å². The van der Waals surface area contributed by atoms with Crippen molar-refractivity contribution in [2.24, 2.45) is 0 Å². The highest BCUT2D eigenvalue weighted by atomic mass is 16.5. The number of hydrogen-bond donors (Lipinski definition) is 1. The maximum atomic E-state index is 12.5. The van der Waals surface area contributed by atoms with Crippen LogP contribution in [0.4, 0.5) is 0 Å². The second-order valence-electron chi connectivity index (χ2n) is 5.51. The molecule has 0 saturated carbocycles. The number of carbonyl (C=O) groups excluding carboxylic acids is 1. The number of amides is 1. The first-order valence-electron chi connectivity index (χ1n) is 7.54. The van der Waals surface area contributed by atoms with Gasteiger partial charge < -0.3 is 19.5 Å². The van der Waals surface area contributed by atoms with Crippen LogP contribution in [0.2, 0.25) is 0 Å². The Morgan fingerprint density at radius 1 is 1.12 bits per heavy atom. The Labute approximate surface area is 145 Å². The zero-order chi connectivity index (χ0) is 18.6. The molecule has 132 valence electrons. The fourth-order valence-corrected chi connectivity index (χ4v) is 2.39. The maximum Gasteiger partial charge on any atom is 0.354 e. The molecule has 2 aromatic rings. The van der Waals surface area contributed by atoms with E-state index in [0.29, 0.717) is 18.0 Å². The van der Waals surface area contributed by atoms with Crippen molar-refractivity contribution in [1.29, 1.82) is 0 Å². The molecule has 1 amide bonds. The molecule has 0 aliphatic rings. The fraction of sp³-hybridized carbons (Fsp3) is 0.278. The summed E-state index contributed by atoms with van der Waals surface area (Å²) >= 11 is 0. The number of carbonyl (C=O) groups is 2. The maximum absolute atomic E-state index is 12.5. The quantitative estimate of drug-likeness (QED) is 0.865. The highest BCUT2D eigenvalue weighted by molar-refractivity contribution is 5.94. The predicted octanol–water partition coefficient (Wildman–Crippen LogP) is 2.38. The first-order valence-corrected chi connectivity index (χ1v) is 7.54. The van der Waals surface area contributed by atoms with Gasteiger partial charge in [-0.1, -0.05) is 6.07 Å². The molecular formula is C18H20N2O5. The third-order valence-electron chi connectivity index (χ3n) is 3.78. The Morgan fingerprint density at radius 2 is 1.72 bits per heavy atom.